The normalized spacial score (nSPS) is 32.1. The van der Waals surface area contributed by atoms with Crippen LogP contribution in [0.5, 0.6) is 0 Å². The van der Waals surface area contributed by atoms with Gasteiger partial charge in [0.05, 0.1) is 17.4 Å². The van der Waals surface area contributed by atoms with Crippen LogP contribution in [0.4, 0.5) is 0 Å². The lowest BCUT2D eigenvalue weighted by atomic mass is 9.64. The molecule has 1 aliphatic heterocycles. The maximum Gasteiger partial charge on any atom is 0.373 e. The molecule has 1 N–H and O–H groups in total. The fourth-order valence-electron chi connectivity index (χ4n) is 3.76. The van der Waals surface area contributed by atoms with Crippen molar-refractivity contribution in [3.05, 3.63) is 35.8 Å². The smallest absolute Gasteiger partial charge is 0.373 e. The van der Waals surface area contributed by atoms with E-state index in [4.69, 9.17) is 14.3 Å². The van der Waals surface area contributed by atoms with Gasteiger partial charge in [0.2, 0.25) is 5.76 Å². The Bertz CT molecular complexity index is 700. The van der Waals surface area contributed by atoms with Crippen LogP contribution in [0.1, 0.15) is 56.2 Å². The number of furan rings is 1. The number of fused-ring (bicyclic) bond motifs is 1. The van der Waals surface area contributed by atoms with E-state index < -0.39 is 5.97 Å². The van der Waals surface area contributed by atoms with Crippen molar-refractivity contribution in [2.75, 3.05) is 0 Å². The van der Waals surface area contributed by atoms with Crippen molar-refractivity contribution in [1.82, 2.24) is 0 Å². The Balaban J connectivity index is 1.80. The summed E-state index contributed by atoms with van der Waals surface area (Å²) in [6.07, 6.45) is 8.53. The van der Waals surface area contributed by atoms with Crippen molar-refractivity contribution in [2.24, 2.45) is 5.41 Å². The molecule has 116 valence electrons. The fraction of sp³-hybridized carbons (Fsp3) is 0.500. The molecule has 22 heavy (non-hydrogen) atoms. The van der Waals surface area contributed by atoms with E-state index in [1.807, 2.05) is 6.08 Å². The van der Waals surface area contributed by atoms with E-state index in [0.29, 0.717) is 5.56 Å². The highest BCUT2D eigenvalue weighted by Crippen LogP contribution is 2.65. The molecule has 2 unspecified atom stereocenters. The Morgan fingerprint density at radius 3 is 2.82 bits per heavy atom. The zero-order chi connectivity index (χ0) is 16.0. The van der Waals surface area contributed by atoms with Gasteiger partial charge in [0.15, 0.2) is 0 Å². The summed E-state index contributed by atoms with van der Waals surface area (Å²) >= 11 is 0. The largest absolute Gasteiger partial charge is 0.475 e. The second-order valence-electron chi connectivity index (χ2n) is 6.88. The van der Waals surface area contributed by atoms with Crippen LogP contribution < -0.4 is 0 Å². The van der Waals surface area contributed by atoms with Crippen LogP contribution in [0.25, 0.3) is 0 Å². The molecule has 1 aliphatic carbocycles. The SMILES string of the molecule is CC1(C)CCCC2(C)OC12/C=C/C#Cc1ccoc1C(=O)O. The third-order valence-electron chi connectivity index (χ3n) is 5.06. The molecule has 0 spiro atoms. The Morgan fingerprint density at radius 2 is 2.14 bits per heavy atom. The minimum atomic E-state index is -1.11. The molecule has 1 aromatic heterocycles. The van der Waals surface area contributed by atoms with E-state index in [9.17, 15) is 4.79 Å². The first-order chi connectivity index (χ1) is 10.3. The number of carboxylic acids is 1. The average molecular weight is 300 g/mol. The minimum Gasteiger partial charge on any atom is -0.475 e. The summed E-state index contributed by atoms with van der Waals surface area (Å²) in [5.74, 6) is 4.50. The van der Waals surface area contributed by atoms with Gasteiger partial charge in [-0.25, -0.2) is 4.79 Å². The molecule has 1 saturated carbocycles. The Morgan fingerprint density at radius 1 is 1.36 bits per heavy atom. The van der Waals surface area contributed by atoms with Gasteiger partial charge in [0.25, 0.3) is 0 Å². The van der Waals surface area contributed by atoms with Crippen molar-refractivity contribution in [3.8, 4) is 11.8 Å². The lowest BCUT2D eigenvalue weighted by Gasteiger charge is -2.36. The second-order valence-corrected chi connectivity index (χ2v) is 6.88. The Kier molecular flexibility index (Phi) is 3.23. The number of aromatic carboxylic acids is 1. The van der Waals surface area contributed by atoms with E-state index in [0.717, 1.165) is 12.8 Å². The molecular weight excluding hydrogens is 280 g/mol. The predicted octanol–water partition coefficient (Wildman–Crippen LogP) is 3.62. The number of epoxide rings is 1. The summed E-state index contributed by atoms with van der Waals surface area (Å²) in [5.41, 5.74) is 0.130. The minimum absolute atomic E-state index is 0.0834. The highest BCUT2D eigenvalue weighted by Gasteiger charge is 2.73. The van der Waals surface area contributed by atoms with Crippen LogP contribution in [0, 0.1) is 17.3 Å². The van der Waals surface area contributed by atoms with Crippen molar-refractivity contribution in [3.63, 3.8) is 0 Å². The summed E-state index contributed by atoms with van der Waals surface area (Å²) in [4.78, 5) is 10.9. The number of hydrogen-bond acceptors (Lipinski definition) is 3. The van der Waals surface area contributed by atoms with Gasteiger partial charge < -0.3 is 14.3 Å². The molecule has 4 heteroatoms. The van der Waals surface area contributed by atoms with E-state index in [2.05, 4.69) is 32.6 Å². The first-order valence-corrected chi connectivity index (χ1v) is 7.52. The number of carboxylic acid groups (broad SMARTS) is 1. The molecule has 0 amide bonds. The van der Waals surface area contributed by atoms with Crippen LogP contribution in [0.15, 0.2) is 28.9 Å². The lowest BCUT2D eigenvalue weighted by molar-refractivity contribution is 0.0662. The van der Waals surface area contributed by atoms with Gasteiger partial charge in [-0.3, -0.25) is 0 Å². The first kappa shape index (κ1) is 14.9. The van der Waals surface area contributed by atoms with Crippen LogP contribution in [-0.4, -0.2) is 22.3 Å². The lowest BCUT2D eigenvalue weighted by Crippen LogP contribution is -2.41. The molecule has 3 rings (SSSR count). The van der Waals surface area contributed by atoms with Crippen LogP contribution in [0.3, 0.4) is 0 Å². The summed E-state index contributed by atoms with van der Waals surface area (Å²) in [7, 11) is 0. The number of hydrogen-bond donors (Lipinski definition) is 1. The van der Waals surface area contributed by atoms with Crippen molar-refractivity contribution >= 4 is 5.97 Å². The summed E-state index contributed by atoms with van der Waals surface area (Å²) in [6, 6.07) is 1.56. The zero-order valence-corrected chi connectivity index (χ0v) is 13.1. The number of carbonyl (C=O) groups is 1. The van der Waals surface area contributed by atoms with Gasteiger partial charge in [-0.1, -0.05) is 25.7 Å². The third kappa shape index (κ3) is 2.08. The zero-order valence-electron chi connectivity index (χ0n) is 13.1. The van der Waals surface area contributed by atoms with Crippen LogP contribution >= 0.6 is 0 Å². The molecule has 0 aromatic carbocycles. The molecule has 2 fully saturated rings. The standard InChI is InChI=1S/C18H20O4/c1-16(2)9-6-10-17(3)18(16,22-17)11-5-4-7-13-8-12-21-14(13)15(19)20/h5,8,11-12H,6,9-10H2,1-3H3,(H,19,20)/b11-5+. The van der Waals surface area contributed by atoms with Gasteiger partial charge in [-0.05, 0) is 44.4 Å². The number of ether oxygens (including phenoxy) is 1. The van der Waals surface area contributed by atoms with Gasteiger partial charge in [-0.2, -0.15) is 0 Å². The van der Waals surface area contributed by atoms with E-state index in [1.54, 1.807) is 12.1 Å². The van der Waals surface area contributed by atoms with Crippen LogP contribution in [0.2, 0.25) is 0 Å². The monoisotopic (exact) mass is 300 g/mol. The molecule has 2 heterocycles. The second kappa shape index (κ2) is 4.76. The van der Waals surface area contributed by atoms with E-state index >= 15 is 0 Å². The Labute approximate surface area is 130 Å². The van der Waals surface area contributed by atoms with E-state index in [1.165, 1.54) is 12.7 Å². The third-order valence-corrected chi connectivity index (χ3v) is 5.06. The maximum absolute atomic E-state index is 10.9. The maximum atomic E-state index is 10.9. The van der Waals surface area contributed by atoms with Crippen molar-refractivity contribution in [1.29, 1.82) is 0 Å². The molecule has 0 radical (unpaired) electrons. The topological polar surface area (TPSA) is 63.0 Å². The number of allylic oxidation sites excluding steroid dienone is 1. The molecule has 2 atom stereocenters. The number of rotatable bonds is 2. The summed E-state index contributed by atoms with van der Waals surface area (Å²) in [6.45, 7) is 6.62. The van der Waals surface area contributed by atoms with Gasteiger partial charge in [0, 0.05) is 5.41 Å². The molecule has 1 saturated heterocycles. The fourth-order valence-corrected chi connectivity index (χ4v) is 3.76. The van der Waals surface area contributed by atoms with Gasteiger partial charge >= 0.3 is 5.97 Å². The van der Waals surface area contributed by atoms with Gasteiger partial charge in [-0.15, -0.1) is 0 Å². The highest BCUT2D eigenvalue weighted by molar-refractivity contribution is 5.87. The quantitative estimate of drug-likeness (QED) is 0.669. The summed E-state index contributed by atoms with van der Waals surface area (Å²) in [5, 5.41) is 8.97. The molecule has 2 aliphatic rings. The molecule has 0 bridgehead atoms. The molecular formula is C18H20O4. The summed E-state index contributed by atoms with van der Waals surface area (Å²) < 4.78 is 11.0. The van der Waals surface area contributed by atoms with E-state index in [-0.39, 0.29) is 22.4 Å². The van der Waals surface area contributed by atoms with Crippen LogP contribution in [-0.2, 0) is 4.74 Å². The highest BCUT2D eigenvalue weighted by atomic mass is 16.6. The molecule has 1 aromatic rings. The van der Waals surface area contributed by atoms with Gasteiger partial charge in [0.1, 0.15) is 5.60 Å². The predicted molar refractivity (Wildman–Crippen MR) is 81.5 cm³/mol. The average Bonchev–Trinajstić information content (AvgIpc) is 2.82. The van der Waals surface area contributed by atoms with Crippen molar-refractivity contribution < 1.29 is 19.1 Å². The Hall–Kier alpha value is -1.99. The van der Waals surface area contributed by atoms with Crippen molar-refractivity contribution in [2.45, 2.75) is 51.2 Å². The first-order valence-electron chi connectivity index (χ1n) is 7.52. The molecule has 4 nitrogen and oxygen atoms in total.